The van der Waals surface area contributed by atoms with Gasteiger partial charge in [0.2, 0.25) is 11.0 Å². The SMILES string of the molecule is N#Cc1c(C(F)(F)F)cc(-c2ccc(Cl)cc2Cl)nc1SCC(=O)Nc1nncs1. The fraction of sp³-hybridized carbons (Fsp3) is 0.118. The van der Waals surface area contributed by atoms with E-state index < -0.39 is 23.2 Å². The van der Waals surface area contributed by atoms with Crippen LogP contribution in [0.1, 0.15) is 11.1 Å². The molecule has 30 heavy (non-hydrogen) atoms. The maximum absolute atomic E-state index is 13.6. The molecule has 0 aliphatic carbocycles. The van der Waals surface area contributed by atoms with E-state index in [1.54, 1.807) is 0 Å². The number of amides is 1. The second-order valence-corrected chi connectivity index (χ2v) is 8.19. The first-order valence-corrected chi connectivity index (χ1v) is 10.5. The van der Waals surface area contributed by atoms with Crippen molar-refractivity contribution in [3.05, 3.63) is 50.9 Å². The quantitative estimate of drug-likeness (QED) is 0.473. The number of nitrogens with zero attached hydrogens (tertiary/aromatic N) is 4. The smallest absolute Gasteiger partial charge is 0.300 e. The summed E-state index contributed by atoms with van der Waals surface area (Å²) in [5.41, 5.74) is -0.336. The summed E-state index contributed by atoms with van der Waals surface area (Å²) < 4.78 is 40.8. The highest BCUT2D eigenvalue weighted by Crippen LogP contribution is 2.39. The molecule has 0 bridgehead atoms. The Kier molecular flexibility index (Phi) is 6.82. The molecule has 1 amide bonds. The molecule has 0 spiro atoms. The number of thioether (sulfide) groups is 1. The van der Waals surface area contributed by atoms with E-state index in [1.165, 1.54) is 29.8 Å². The van der Waals surface area contributed by atoms with Gasteiger partial charge in [0, 0.05) is 10.6 Å². The summed E-state index contributed by atoms with van der Waals surface area (Å²) in [5.74, 6) is -0.831. The fourth-order valence-corrected chi connectivity index (χ4v) is 4.08. The Hall–Kier alpha value is -2.39. The summed E-state index contributed by atoms with van der Waals surface area (Å²) in [5, 5.41) is 19.4. The number of alkyl halides is 3. The first-order valence-electron chi connectivity index (χ1n) is 7.85. The maximum atomic E-state index is 13.6. The molecule has 154 valence electrons. The second kappa shape index (κ2) is 9.18. The largest absolute Gasteiger partial charge is 0.417 e. The standard InChI is InChI=1S/C17H8Cl2F3N5OS2/c18-8-1-2-9(12(19)3-8)13-4-11(17(20,21)22)10(5-23)15(25-13)29-6-14(28)26-16-27-24-7-30-16/h1-4,7H,6H2,(H,26,27,28). The van der Waals surface area contributed by atoms with E-state index in [-0.39, 0.29) is 32.2 Å². The minimum absolute atomic E-state index is 0.0952. The number of rotatable bonds is 5. The lowest BCUT2D eigenvalue weighted by molar-refractivity contribution is -0.138. The van der Waals surface area contributed by atoms with Gasteiger partial charge in [-0.1, -0.05) is 46.3 Å². The van der Waals surface area contributed by atoms with E-state index in [1.807, 2.05) is 0 Å². The van der Waals surface area contributed by atoms with Crippen LogP contribution in [-0.4, -0.2) is 26.8 Å². The van der Waals surface area contributed by atoms with Crippen molar-refractivity contribution < 1.29 is 18.0 Å². The van der Waals surface area contributed by atoms with Crippen molar-refractivity contribution in [3.8, 4) is 17.3 Å². The number of pyridine rings is 1. The number of hydrogen-bond donors (Lipinski definition) is 1. The molecule has 0 aliphatic heterocycles. The molecule has 0 saturated carbocycles. The van der Waals surface area contributed by atoms with Crippen LogP contribution in [0, 0.1) is 11.3 Å². The van der Waals surface area contributed by atoms with Crippen LogP contribution in [0.25, 0.3) is 11.3 Å². The van der Waals surface area contributed by atoms with Gasteiger partial charge in [0.15, 0.2) is 0 Å². The average Bonchev–Trinajstić information content (AvgIpc) is 3.18. The molecule has 1 N–H and O–H groups in total. The van der Waals surface area contributed by atoms with E-state index >= 15 is 0 Å². The van der Waals surface area contributed by atoms with Crippen LogP contribution >= 0.6 is 46.3 Å². The molecular formula is C17H8Cl2F3N5OS2. The molecule has 1 aromatic carbocycles. The number of carbonyl (C=O) groups excluding carboxylic acids is 1. The molecule has 13 heteroatoms. The van der Waals surface area contributed by atoms with E-state index in [0.29, 0.717) is 16.8 Å². The summed E-state index contributed by atoms with van der Waals surface area (Å²) in [7, 11) is 0. The van der Waals surface area contributed by atoms with Gasteiger partial charge in [0.05, 0.1) is 27.6 Å². The maximum Gasteiger partial charge on any atom is 0.417 e. The van der Waals surface area contributed by atoms with Crippen molar-refractivity contribution in [2.45, 2.75) is 11.2 Å². The van der Waals surface area contributed by atoms with Crippen LogP contribution in [0.5, 0.6) is 0 Å². The van der Waals surface area contributed by atoms with Crippen LogP contribution in [0.3, 0.4) is 0 Å². The lowest BCUT2D eigenvalue weighted by Gasteiger charge is -2.15. The van der Waals surface area contributed by atoms with Crippen molar-refractivity contribution in [1.82, 2.24) is 15.2 Å². The molecule has 0 atom stereocenters. The molecule has 0 unspecified atom stereocenters. The normalized spacial score (nSPS) is 11.2. The summed E-state index contributed by atoms with van der Waals surface area (Å²) in [4.78, 5) is 16.2. The minimum Gasteiger partial charge on any atom is -0.300 e. The van der Waals surface area contributed by atoms with Crippen LogP contribution in [-0.2, 0) is 11.0 Å². The van der Waals surface area contributed by atoms with Crippen molar-refractivity contribution >= 4 is 57.3 Å². The lowest BCUT2D eigenvalue weighted by atomic mass is 10.1. The van der Waals surface area contributed by atoms with E-state index in [0.717, 1.165) is 17.4 Å². The first-order chi connectivity index (χ1) is 14.2. The Morgan fingerprint density at radius 1 is 1.30 bits per heavy atom. The zero-order valence-corrected chi connectivity index (χ0v) is 17.6. The topological polar surface area (TPSA) is 91.6 Å². The van der Waals surface area contributed by atoms with Crippen LogP contribution < -0.4 is 5.32 Å². The van der Waals surface area contributed by atoms with Gasteiger partial charge in [-0.3, -0.25) is 10.1 Å². The molecule has 2 aromatic heterocycles. The molecule has 0 radical (unpaired) electrons. The highest BCUT2D eigenvalue weighted by molar-refractivity contribution is 8.00. The molecule has 6 nitrogen and oxygen atoms in total. The molecule has 0 saturated heterocycles. The second-order valence-electron chi connectivity index (χ2n) is 5.55. The third kappa shape index (κ3) is 5.20. The zero-order chi connectivity index (χ0) is 21.9. The summed E-state index contributed by atoms with van der Waals surface area (Å²) in [6.07, 6.45) is -4.81. The third-order valence-corrected chi connectivity index (χ3v) is 5.69. The number of aromatic nitrogens is 3. The number of carbonyl (C=O) groups is 1. The molecule has 2 heterocycles. The number of nitrogens with one attached hydrogen (secondary N) is 1. The van der Waals surface area contributed by atoms with Crippen LogP contribution in [0.4, 0.5) is 18.3 Å². The summed E-state index contributed by atoms with van der Waals surface area (Å²) >= 11 is 13.7. The van der Waals surface area contributed by atoms with Gasteiger partial charge >= 0.3 is 6.18 Å². The highest BCUT2D eigenvalue weighted by atomic mass is 35.5. The molecule has 0 aliphatic rings. The molecule has 3 aromatic rings. The zero-order valence-electron chi connectivity index (χ0n) is 14.5. The third-order valence-electron chi connectivity index (χ3n) is 3.56. The lowest BCUT2D eigenvalue weighted by Crippen LogP contribution is -2.15. The van der Waals surface area contributed by atoms with Gasteiger partial charge in [-0.15, -0.1) is 10.2 Å². The van der Waals surface area contributed by atoms with Crippen molar-refractivity contribution in [2.75, 3.05) is 11.1 Å². The number of nitriles is 1. The van der Waals surface area contributed by atoms with E-state index in [9.17, 15) is 23.2 Å². The molecule has 3 rings (SSSR count). The molecule has 0 fully saturated rings. The van der Waals surface area contributed by atoms with Crippen molar-refractivity contribution in [3.63, 3.8) is 0 Å². The predicted molar refractivity (Wildman–Crippen MR) is 109 cm³/mol. The highest BCUT2D eigenvalue weighted by Gasteiger charge is 2.36. The summed E-state index contributed by atoms with van der Waals surface area (Å²) in [6, 6.07) is 6.53. The van der Waals surface area contributed by atoms with Gasteiger partial charge < -0.3 is 0 Å². The Bertz CT molecular complexity index is 1130. The van der Waals surface area contributed by atoms with Crippen molar-refractivity contribution in [1.29, 1.82) is 5.26 Å². The number of benzene rings is 1. The minimum atomic E-state index is -4.81. The monoisotopic (exact) mass is 489 g/mol. The van der Waals surface area contributed by atoms with E-state index in [2.05, 4.69) is 20.5 Å². The van der Waals surface area contributed by atoms with Crippen LogP contribution in [0.2, 0.25) is 10.0 Å². The Balaban J connectivity index is 2.00. The van der Waals surface area contributed by atoms with E-state index in [4.69, 9.17) is 23.2 Å². The Labute approximate surface area is 186 Å². The van der Waals surface area contributed by atoms with Crippen LogP contribution in [0.15, 0.2) is 34.8 Å². The number of hydrogen-bond acceptors (Lipinski definition) is 7. The van der Waals surface area contributed by atoms with Gasteiger partial charge in [0.1, 0.15) is 16.6 Å². The van der Waals surface area contributed by atoms with Gasteiger partial charge in [0.25, 0.3) is 0 Å². The fourth-order valence-electron chi connectivity index (χ4n) is 2.31. The predicted octanol–water partition coefficient (Wildman–Crippen LogP) is 5.53. The first kappa shape index (κ1) is 22.3. The van der Waals surface area contributed by atoms with Gasteiger partial charge in [-0.25, -0.2) is 4.98 Å². The van der Waals surface area contributed by atoms with Crippen molar-refractivity contribution in [2.24, 2.45) is 0 Å². The Morgan fingerprint density at radius 2 is 2.07 bits per heavy atom. The summed E-state index contributed by atoms with van der Waals surface area (Å²) in [6.45, 7) is 0. The number of halogens is 5. The average molecular weight is 490 g/mol. The van der Waals surface area contributed by atoms with Gasteiger partial charge in [-0.05, 0) is 24.3 Å². The van der Waals surface area contributed by atoms with Gasteiger partial charge in [-0.2, -0.15) is 18.4 Å². The Morgan fingerprint density at radius 3 is 2.67 bits per heavy atom. The number of anilines is 1. The molecular weight excluding hydrogens is 482 g/mol.